The van der Waals surface area contributed by atoms with Crippen LogP contribution in [0.1, 0.15) is 49.4 Å². The molecule has 4 atom stereocenters. The zero-order valence-corrected chi connectivity index (χ0v) is 17.4. The summed E-state index contributed by atoms with van der Waals surface area (Å²) in [6.45, 7) is 2.09. The van der Waals surface area contributed by atoms with E-state index in [2.05, 4.69) is 11.8 Å². The summed E-state index contributed by atoms with van der Waals surface area (Å²) in [6, 6.07) is 8.96. The number of unbranched alkanes of at least 4 members (excludes halogenated alkanes) is 1. The van der Waals surface area contributed by atoms with Crippen molar-refractivity contribution >= 4 is 11.9 Å². The van der Waals surface area contributed by atoms with Gasteiger partial charge in [0.15, 0.2) is 0 Å². The molecule has 2 rings (SSSR count). The second-order valence-corrected chi connectivity index (χ2v) is 7.20. The summed E-state index contributed by atoms with van der Waals surface area (Å²) < 4.78 is 20.9. The molecule has 2 unspecified atom stereocenters. The Bertz CT molecular complexity index is 705. The molecular weight excluding hydrogens is 372 g/mol. The molecule has 0 heterocycles. The van der Waals surface area contributed by atoms with Gasteiger partial charge in [-0.25, -0.2) is 4.79 Å². The Morgan fingerprint density at radius 3 is 2.62 bits per heavy atom. The highest BCUT2D eigenvalue weighted by molar-refractivity contribution is 5.89. The Hall–Kier alpha value is -2.36. The van der Waals surface area contributed by atoms with Crippen LogP contribution in [0, 0.1) is 23.7 Å². The van der Waals surface area contributed by atoms with Gasteiger partial charge in [-0.2, -0.15) is 0 Å². The number of rotatable bonds is 9. The first-order valence-electron chi connectivity index (χ1n) is 9.98. The minimum Gasteiger partial charge on any atom is -0.469 e. The van der Waals surface area contributed by atoms with Crippen molar-refractivity contribution < 1.29 is 28.5 Å². The summed E-state index contributed by atoms with van der Waals surface area (Å²) in [4.78, 5) is 24.1. The average molecular weight is 402 g/mol. The second kappa shape index (κ2) is 12.3. The van der Waals surface area contributed by atoms with Gasteiger partial charge < -0.3 is 18.9 Å². The third-order valence-electron chi connectivity index (χ3n) is 4.96. The number of hydrogen-bond acceptors (Lipinski definition) is 6. The minimum atomic E-state index is -0.307. The maximum atomic E-state index is 12.0. The van der Waals surface area contributed by atoms with E-state index >= 15 is 0 Å². The molecule has 6 heteroatoms. The van der Waals surface area contributed by atoms with Gasteiger partial charge in [0.2, 0.25) is 0 Å². The van der Waals surface area contributed by atoms with Crippen LogP contribution >= 0.6 is 0 Å². The number of benzene rings is 1. The first kappa shape index (κ1) is 22.9. The number of esters is 2. The molecule has 6 nitrogen and oxygen atoms in total. The highest BCUT2D eigenvalue weighted by atomic mass is 16.7. The summed E-state index contributed by atoms with van der Waals surface area (Å²) in [5, 5.41) is 0. The molecule has 1 fully saturated rings. The van der Waals surface area contributed by atoms with Crippen LogP contribution in [0.15, 0.2) is 30.3 Å². The van der Waals surface area contributed by atoms with Gasteiger partial charge >= 0.3 is 11.9 Å². The predicted molar refractivity (Wildman–Crippen MR) is 108 cm³/mol. The average Bonchev–Trinajstić information content (AvgIpc) is 3.15. The molecule has 0 N–H and O–H groups in total. The molecular formula is C23H30O6. The monoisotopic (exact) mass is 402 g/mol. The molecule has 1 aliphatic carbocycles. The summed E-state index contributed by atoms with van der Waals surface area (Å²) in [5.41, 5.74) is 0.555. The van der Waals surface area contributed by atoms with E-state index in [0.717, 1.165) is 12.8 Å². The Morgan fingerprint density at radius 1 is 1.17 bits per heavy atom. The zero-order chi connectivity index (χ0) is 21.1. The molecule has 0 radical (unpaired) electrons. The van der Waals surface area contributed by atoms with E-state index in [-0.39, 0.29) is 42.8 Å². The van der Waals surface area contributed by atoms with Gasteiger partial charge in [-0.1, -0.05) is 24.1 Å². The van der Waals surface area contributed by atoms with Crippen LogP contribution in [0.25, 0.3) is 0 Å². The molecule has 0 spiro atoms. The largest absolute Gasteiger partial charge is 0.469 e. The fraction of sp³-hybridized carbons (Fsp3) is 0.565. The standard InChI is InChI=1S/C23H30O6/c1-17(29-22(24)18-11-7-5-8-12-18)10-6-4-9-13-19-14-20(28-16-26-2)15-21(19)23(25)27-3/h5,7-8,11-12,17,19-21H,4,6,10,14-16H2,1-3H3/t17?,19?,20-,21+/m1/s1. The maximum absolute atomic E-state index is 12.0. The van der Waals surface area contributed by atoms with Crippen molar-refractivity contribution in [3.63, 3.8) is 0 Å². The van der Waals surface area contributed by atoms with Gasteiger partial charge in [-0.05, 0) is 44.7 Å². The van der Waals surface area contributed by atoms with Crippen molar-refractivity contribution in [3.05, 3.63) is 35.9 Å². The van der Waals surface area contributed by atoms with Gasteiger partial charge in [0.05, 0.1) is 30.8 Å². The lowest BCUT2D eigenvalue weighted by Gasteiger charge is -2.12. The first-order chi connectivity index (χ1) is 14.0. The van der Waals surface area contributed by atoms with Crippen LogP contribution in [0.2, 0.25) is 0 Å². The van der Waals surface area contributed by atoms with E-state index in [4.69, 9.17) is 18.9 Å². The van der Waals surface area contributed by atoms with Crippen molar-refractivity contribution in [3.8, 4) is 11.8 Å². The molecule has 0 bridgehead atoms. The lowest BCUT2D eigenvalue weighted by Crippen LogP contribution is -2.19. The van der Waals surface area contributed by atoms with Crippen LogP contribution in [-0.4, -0.2) is 45.2 Å². The first-order valence-corrected chi connectivity index (χ1v) is 9.98. The van der Waals surface area contributed by atoms with Crippen molar-refractivity contribution in [1.29, 1.82) is 0 Å². The molecule has 0 saturated heterocycles. The SMILES string of the molecule is COCO[C@@H]1CC(C#CCCCC(C)OC(=O)c2ccccc2)[C@@H](C(=O)OC)C1. The Labute approximate surface area is 172 Å². The summed E-state index contributed by atoms with van der Waals surface area (Å²) in [6.07, 6.45) is 3.30. The molecule has 1 aromatic carbocycles. The van der Waals surface area contributed by atoms with E-state index in [1.54, 1.807) is 19.2 Å². The van der Waals surface area contributed by atoms with Crippen LogP contribution in [-0.2, 0) is 23.7 Å². The number of hydrogen-bond donors (Lipinski definition) is 0. The highest BCUT2D eigenvalue weighted by Gasteiger charge is 2.39. The van der Waals surface area contributed by atoms with E-state index < -0.39 is 0 Å². The van der Waals surface area contributed by atoms with Crippen molar-refractivity contribution in [2.24, 2.45) is 11.8 Å². The normalized spacial score (nSPS) is 21.7. The molecule has 29 heavy (non-hydrogen) atoms. The molecule has 0 aromatic heterocycles. The van der Waals surface area contributed by atoms with Crippen molar-refractivity contribution in [1.82, 2.24) is 0 Å². The maximum Gasteiger partial charge on any atom is 0.338 e. The van der Waals surface area contributed by atoms with E-state index in [1.807, 2.05) is 25.1 Å². The van der Waals surface area contributed by atoms with Gasteiger partial charge in [0.25, 0.3) is 0 Å². The number of methoxy groups -OCH3 is 2. The molecule has 0 aliphatic heterocycles. The smallest absolute Gasteiger partial charge is 0.338 e. The van der Waals surface area contributed by atoms with Gasteiger partial charge in [0.1, 0.15) is 6.79 Å². The van der Waals surface area contributed by atoms with Crippen molar-refractivity contribution in [2.45, 2.75) is 51.2 Å². The topological polar surface area (TPSA) is 71.1 Å². The molecule has 0 amide bonds. The Morgan fingerprint density at radius 2 is 1.93 bits per heavy atom. The summed E-state index contributed by atoms with van der Waals surface area (Å²) in [7, 11) is 2.97. The van der Waals surface area contributed by atoms with Gasteiger partial charge in [-0.15, -0.1) is 5.92 Å². The number of ether oxygens (including phenoxy) is 4. The van der Waals surface area contributed by atoms with E-state index in [1.165, 1.54) is 7.11 Å². The van der Waals surface area contributed by atoms with Crippen molar-refractivity contribution in [2.75, 3.05) is 21.0 Å². The fourth-order valence-electron chi connectivity index (χ4n) is 3.43. The van der Waals surface area contributed by atoms with E-state index in [0.29, 0.717) is 24.8 Å². The fourth-order valence-corrected chi connectivity index (χ4v) is 3.43. The molecule has 158 valence electrons. The Balaban J connectivity index is 1.76. The van der Waals surface area contributed by atoms with E-state index in [9.17, 15) is 9.59 Å². The third-order valence-corrected chi connectivity index (χ3v) is 4.96. The minimum absolute atomic E-state index is 0.0456. The van der Waals surface area contributed by atoms with Crippen LogP contribution in [0.5, 0.6) is 0 Å². The quantitative estimate of drug-likeness (QED) is 0.272. The predicted octanol–water partition coefficient (Wildman–Crippen LogP) is 3.59. The van der Waals surface area contributed by atoms with Gasteiger partial charge in [-0.3, -0.25) is 4.79 Å². The third kappa shape index (κ3) is 7.52. The number of carbonyl (C=O) groups excluding carboxylic acids is 2. The van der Waals surface area contributed by atoms with Crippen LogP contribution < -0.4 is 0 Å². The highest BCUT2D eigenvalue weighted by Crippen LogP contribution is 2.34. The zero-order valence-electron chi connectivity index (χ0n) is 17.4. The second-order valence-electron chi connectivity index (χ2n) is 7.20. The van der Waals surface area contributed by atoms with Crippen LogP contribution in [0.4, 0.5) is 0 Å². The van der Waals surface area contributed by atoms with Crippen LogP contribution in [0.3, 0.4) is 0 Å². The summed E-state index contributed by atoms with van der Waals surface area (Å²) in [5.74, 6) is 5.50. The number of carbonyl (C=O) groups is 2. The molecule has 1 saturated carbocycles. The Kier molecular flexibility index (Phi) is 9.69. The summed E-state index contributed by atoms with van der Waals surface area (Å²) >= 11 is 0. The molecule has 1 aromatic rings. The lowest BCUT2D eigenvalue weighted by molar-refractivity contribution is -0.146. The van der Waals surface area contributed by atoms with Gasteiger partial charge in [0, 0.05) is 19.4 Å². The molecule has 1 aliphatic rings. The lowest BCUT2D eigenvalue weighted by atomic mass is 9.96.